The molecule has 1 aliphatic heterocycles. The molecular weight excluding hydrogens is 602 g/mol. The summed E-state index contributed by atoms with van der Waals surface area (Å²) in [4.78, 5) is 18.0. The second kappa shape index (κ2) is 12.2. The molecule has 1 N–H and O–H groups in total. The number of rotatable bonds is 10. The van der Waals surface area contributed by atoms with E-state index in [4.69, 9.17) is 14.4 Å². The first-order chi connectivity index (χ1) is 21.1. The summed E-state index contributed by atoms with van der Waals surface area (Å²) in [5.74, 6) is -1.39. The summed E-state index contributed by atoms with van der Waals surface area (Å²) < 4.78 is 70.3. The van der Waals surface area contributed by atoms with Gasteiger partial charge in [0.05, 0.1) is 24.0 Å². The van der Waals surface area contributed by atoms with Crippen molar-refractivity contribution in [3.8, 4) is 28.3 Å². The highest BCUT2D eigenvalue weighted by atomic mass is 32.1. The molecule has 2 atom stereocenters. The predicted molar refractivity (Wildman–Crippen MR) is 154 cm³/mol. The molecule has 6 rings (SSSR count). The first kappa shape index (κ1) is 30.1. The van der Waals surface area contributed by atoms with Crippen molar-refractivity contribution in [3.63, 3.8) is 0 Å². The molecule has 0 unspecified atom stereocenters. The van der Waals surface area contributed by atoms with Gasteiger partial charge in [-0.1, -0.05) is 24.2 Å². The summed E-state index contributed by atoms with van der Waals surface area (Å²) in [5, 5.41) is 15.8. The second-order valence-electron chi connectivity index (χ2n) is 10.9. The lowest BCUT2D eigenvalue weighted by molar-refractivity contribution is -0.274. The molecule has 44 heavy (non-hydrogen) atoms. The zero-order chi connectivity index (χ0) is 31.0. The lowest BCUT2D eigenvalue weighted by atomic mass is 9.97. The number of alkyl halides is 3. The number of hydrogen-bond acceptors (Lipinski definition) is 8. The van der Waals surface area contributed by atoms with Crippen molar-refractivity contribution in [1.82, 2.24) is 10.1 Å². The van der Waals surface area contributed by atoms with Crippen LogP contribution < -0.4 is 9.64 Å². The topological polar surface area (TPSA) is 97.9 Å². The molecular formula is C31H29F4N3O5S. The molecule has 232 valence electrons. The second-order valence-corrected chi connectivity index (χ2v) is 11.8. The number of carboxylic acids is 1. The first-order valence-electron chi connectivity index (χ1n) is 14.3. The van der Waals surface area contributed by atoms with Crippen LogP contribution in [-0.4, -0.2) is 46.3 Å². The van der Waals surface area contributed by atoms with Crippen LogP contribution >= 0.6 is 11.3 Å². The monoisotopic (exact) mass is 631 g/mol. The Bertz CT molecular complexity index is 1650. The number of nitrogens with zero attached hydrogens (tertiary/aromatic N) is 3. The molecule has 1 aliphatic carbocycles. The van der Waals surface area contributed by atoms with Gasteiger partial charge in [0.1, 0.15) is 23.0 Å². The van der Waals surface area contributed by atoms with Crippen LogP contribution in [0.25, 0.3) is 22.5 Å². The highest BCUT2D eigenvalue weighted by molar-refractivity contribution is 7.14. The Kier molecular flexibility index (Phi) is 8.34. The van der Waals surface area contributed by atoms with Crippen LogP contribution in [0.15, 0.2) is 52.4 Å². The van der Waals surface area contributed by atoms with E-state index in [1.807, 2.05) is 0 Å². The van der Waals surface area contributed by atoms with E-state index in [0.29, 0.717) is 36.4 Å². The van der Waals surface area contributed by atoms with Crippen molar-refractivity contribution in [3.05, 3.63) is 70.5 Å². The van der Waals surface area contributed by atoms with Crippen molar-refractivity contribution < 1.29 is 41.5 Å². The van der Waals surface area contributed by atoms with Gasteiger partial charge in [-0.3, -0.25) is 0 Å². The van der Waals surface area contributed by atoms with Crippen LogP contribution in [0.5, 0.6) is 5.75 Å². The summed E-state index contributed by atoms with van der Waals surface area (Å²) in [6.07, 6.45) is -0.946. The number of carbonyl (C=O) groups is 1. The lowest BCUT2D eigenvalue weighted by Crippen LogP contribution is -2.44. The number of hydrogen-bond donors (Lipinski definition) is 1. The minimum Gasteiger partial charge on any atom is -0.478 e. The Labute approximate surface area is 254 Å². The van der Waals surface area contributed by atoms with Gasteiger partial charge in [-0.25, -0.2) is 14.2 Å². The van der Waals surface area contributed by atoms with E-state index < -0.39 is 18.1 Å². The highest BCUT2D eigenvalue weighted by Crippen LogP contribution is 2.46. The standard InChI is InChI=1S/C31H29F4N3O5S/c1-2-19-14-20(11-12-38(19)30-36-25(16-44-30)21-10-9-18(29(39)40)13-24(21)32)41-15-23-27(37-43-28(23)17-7-8-17)22-5-3-4-6-26(22)42-31(33,34)35/h3-6,9-10,13,16-17,19-20H,2,7-8,11-12,14-15H2,1H3,(H,39,40)/t19-,20-/m1/s1. The van der Waals surface area contributed by atoms with Crippen LogP contribution in [0.1, 0.15) is 66.6 Å². The fourth-order valence-corrected chi connectivity index (χ4v) is 6.52. The number of piperidine rings is 1. The number of para-hydroxylation sites is 1. The number of benzene rings is 2. The van der Waals surface area contributed by atoms with Gasteiger partial charge in [-0.15, -0.1) is 24.5 Å². The quantitative estimate of drug-likeness (QED) is 0.176. The van der Waals surface area contributed by atoms with Crippen LogP contribution in [0.2, 0.25) is 0 Å². The average Bonchev–Trinajstić information content (AvgIpc) is 3.56. The van der Waals surface area contributed by atoms with E-state index in [-0.39, 0.29) is 52.8 Å². The summed E-state index contributed by atoms with van der Waals surface area (Å²) >= 11 is 1.40. The van der Waals surface area contributed by atoms with E-state index in [1.54, 1.807) is 11.4 Å². The zero-order valence-electron chi connectivity index (χ0n) is 23.6. The molecule has 0 bridgehead atoms. The third-order valence-corrected chi connectivity index (χ3v) is 8.84. The number of aromatic carboxylic acids is 1. The summed E-state index contributed by atoms with van der Waals surface area (Å²) in [7, 11) is 0. The maximum atomic E-state index is 14.7. The van der Waals surface area contributed by atoms with Crippen LogP contribution in [0, 0.1) is 5.82 Å². The average molecular weight is 632 g/mol. The number of ether oxygens (including phenoxy) is 2. The van der Waals surface area contributed by atoms with Crippen LogP contribution in [0.4, 0.5) is 22.7 Å². The Morgan fingerprint density at radius 3 is 2.66 bits per heavy atom. The fraction of sp³-hybridized carbons (Fsp3) is 0.387. The lowest BCUT2D eigenvalue weighted by Gasteiger charge is -2.39. The minimum atomic E-state index is -4.85. The van der Waals surface area contributed by atoms with Crippen LogP contribution in [-0.2, 0) is 11.3 Å². The van der Waals surface area contributed by atoms with Gasteiger partial charge in [0, 0.05) is 40.6 Å². The van der Waals surface area contributed by atoms with Gasteiger partial charge >= 0.3 is 12.3 Å². The molecule has 8 nitrogen and oxygen atoms in total. The summed E-state index contributed by atoms with van der Waals surface area (Å²) in [5.41, 5.74) is 1.67. The molecule has 0 spiro atoms. The van der Waals surface area contributed by atoms with E-state index in [9.17, 15) is 22.4 Å². The Balaban J connectivity index is 1.16. The summed E-state index contributed by atoms with van der Waals surface area (Å²) in [6.45, 7) is 2.85. The van der Waals surface area contributed by atoms with Crippen molar-refractivity contribution >= 4 is 22.4 Å². The predicted octanol–water partition coefficient (Wildman–Crippen LogP) is 8.04. The third-order valence-electron chi connectivity index (χ3n) is 7.97. The van der Waals surface area contributed by atoms with E-state index >= 15 is 0 Å². The van der Waals surface area contributed by atoms with Gasteiger partial charge < -0.3 is 24.0 Å². The SMILES string of the molecule is CC[C@@H]1C[C@H](OCc2c(-c3ccccc3OC(F)(F)F)noc2C2CC2)CCN1c1nc(-c2ccc(C(=O)O)cc2F)cs1. The van der Waals surface area contributed by atoms with Crippen molar-refractivity contribution in [2.45, 2.75) is 70.1 Å². The van der Waals surface area contributed by atoms with Gasteiger partial charge in [0.15, 0.2) is 5.13 Å². The maximum Gasteiger partial charge on any atom is 0.573 e. The Hall–Kier alpha value is -3.97. The van der Waals surface area contributed by atoms with Gasteiger partial charge in [0.25, 0.3) is 0 Å². The van der Waals surface area contributed by atoms with Gasteiger partial charge in [-0.2, -0.15) is 0 Å². The Morgan fingerprint density at radius 2 is 1.95 bits per heavy atom. The molecule has 1 saturated heterocycles. The third kappa shape index (κ3) is 6.43. The van der Waals surface area contributed by atoms with Crippen molar-refractivity contribution in [2.24, 2.45) is 0 Å². The largest absolute Gasteiger partial charge is 0.573 e. The summed E-state index contributed by atoms with van der Waals surface area (Å²) in [6, 6.07) is 9.75. The van der Waals surface area contributed by atoms with Gasteiger partial charge in [-0.05, 0) is 62.4 Å². The fourth-order valence-electron chi connectivity index (χ4n) is 5.60. The first-order valence-corrected chi connectivity index (χ1v) is 15.2. The van der Waals surface area contributed by atoms with Gasteiger partial charge in [0.2, 0.25) is 0 Å². The highest BCUT2D eigenvalue weighted by Gasteiger charge is 2.37. The molecule has 3 heterocycles. The number of halogens is 4. The molecule has 13 heteroatoms. The van der Waals surface area contributed by atoms with Crippen LogP contribution in [0.3, 0.4) is 0 Å². The maximum absolute atomic E-state index is 14.7. The molecule has 2 aromatic heterocycles. The molecule has 0 radical (unpaired) electrons. The van der Waals surface area contributed by atoms with E-state index in [1.165, 1.54) is 41.7 Å². The zero-order valence-corrected chi connectivity index (χ0v) is 24.5. The number of thiazole rings is 1. The Morgan fingerprint density at radius 1 is 1.16 bits per heavy atom. The van der Waals surface area contributed by atoms with E-state index in [2.05, 4.69) is 26.7 Å². The van der Waals surface area contributed by atoms with E-state index in [0.717, 1.165) is 30.5 Å². The minimum absolute atomic E-state index is 0.0951. The molecule has 2 aromatic carbocycles. The molecule has 1 saturated carbocycles. The molecule has 4 aromatic rings. The molecule has 2 fully saturated rings. The van der Waals surface area contributed by atoms with Crippen molar-refractivity contribution in [2.75, 3.05) is 11.4 Å². The number of carboxylic acid groups (broad SMARTS) is 1. The normalized spacial score (nSPS) is 18.9. The smallest absolute Gasteiger partial charge is 0.478 e. The number of anilines is 1. The number of aromatic nitrogens is 2. The van der Waals surface area contributed by atoms with Crippen molar-refractivity contribution in [1.29, 1.82) is 0 Å². The molecule has 0 amide bonds. The molecule has 2 aliphatic rings.